The van der Waals surface area contributed by atoms with Crippen molar-refractivity contribution < 1.29 is 14.6 Å². The second-order valence-corrected chi connectivity index (χ2v) is 5.84. The highest BCUT2D eigenvalue weighted by atomic mass is 16.5. The third kappa shape index (κ3) is 6.08. The molecule has 0 bridgehead atoms. The van der Waals surface area contributed by atoms with Crippen molar-refractivity contribution >= 4 is 5.91 Å². The lowest BCUT2D eigenvalue weighted by atomic mass is 10.1. The van der Waals surface area contributed by atoms with Gasteiger partial charge in [0.25, 0.3) is 0 Å². The molecule has 0 saturated carbocycles. The molecule has 1 aromatic carbocycles. The van der Waals surface area contributed by atoms with Gasteiger partial charge in [-0.2, -0.15) is 0 Å². The summed E-state index contributed by atoms with van der Waals surface area (Å²) < 4.78 is 5.15. The lowest BCUT2D eigenvalue weighted by molar-refractivity contribution is -0.121. The van der Waals surface area contributed by atoms with Crippen LogP contribution in [0.1, 0.15) is 24.8 Å². The van der Waals surface area contributed by atoms with Crippen LogP contribution in [-0.2, 0) is 11.2 Å². The van der Waals surface area contributed by atoms with Gasteiger partial charge in [-0.25, -0.2) is 0 Å². The summed E-state index contributed by atoms with van der Waals surface area (Å²) in [6.07, 6.45) is 2.77. The van der Waals surface area contributed by atoms with Crippen molar-refractivity contribution in [2.24, 2.45) is 0 Å². The molecule has 23 heavy (non-hydrogen) atoms. The van der Waals surface area contributed by atoms with Gasteiger partial charge in [-0.3, -0.25) is 4.79 Å². The van der Waals surface area contributed by atoms with E-state index < -0.39 is 0 Å². The molecule has 0 radical (unpaired) electrons. The van der Waals surface area contributed by atoms with Gasteiger partial charge in [0.1, 0.15) is 11.5 Å². The van der Waals surface area contributed by atoms with Gasteiger partial charge in [-0.05, 0) is 43.0 Å². The molecule has 0 aromatic heterocycles. The van der Waals surface area contributed by atoms with Crippen LogP contribution in [0.15, 0.2) is 18.2 Å². The summed E-state index contributed by atoms with van der Waals surface area (Å²) in [6, 6.07) is 5.60. The molecule has 0 spiro atoms. The fourth-order valence-corrected chi connectivity index (χ4v) is 2.72. The van der Waals surface area contributed by atoms with Gasteiger partial charge in [0, 0.05) is 38.6 Å². The fraction of sp³-hybridized carbons (Fsp3) is 0.588. The van der Waals surface area contributed by atoms with E-state index in [2.05, 4.69) is 16.0 Å². The summed E-state index contributed by atoms with van der Waals surface area (Å²) in [5, 5.41) is 19.5. The van der Waals surface area contributed by atoms with Crippen molar-refractivity contribution in [2.75, 3.05) is 33.3 Å². The number of hydrogen-bond acceptors (Lipinski definition) is 5. The van der Waals surface area contributed by atoms with E-state index in [-0.39, 0.29) is 11.7 Å². The molecule has 128 valence electrons. The number of piperazine rings is 1. The number of ether oxygens (including phenoxy) is 1. The smallest absolute Gasteiger partial charge is 0.220 e. The Labute approximate surface area is 137 Å². The predicted molar refractivity (Wildman–Crippen MR) is 89.9 cm³/mol. The minimum absolute atomic E-state index is 0.0659. The molecule has 6 heteroatoms. The number of nitrogens with one attached hydrogen (secondary N) is 3. The molecule has 1 aliphatic rings. The maximum absolute atomic E-state index is 11.8. The SMILES string of the molecule is COc1ccc(O)c(CCCC(=O)NCCC2CNCCN2)c1. The van der Waals surface area contributed by atoms with Crippen LogP contribution < -0.4 is 20.7 Å². The number of aromatic hydroxyl groups is 1. The third-order valence-corrected chi connectivity index (χ3v) is 4.08. The largest absolute Gasteiger partial charge is 0.508 e. The van der Waals surface area contributed by atoms with E-state index in [9.17, 15) is 9.90 Å². The van der Waals surface area contributed by atoms with Crippen molar-refractivity contribution in [3.63, 3.8) is 0 Å². The molecular weight excluding hydrogens is 294 g/mol. The van der Waals surface area contributed by atoms with Crippen LogP contribution in [-0.4, -0.2) is 50.3 Å². The maximum atomic E-state index is 11.8. The van der Waals surface area contributed by atoms with Crippen molar-refractivity contribution in [3.05, 3.63) is 23.8 Å². The number of benzene rings is 1. The molecule has 1 aromatic rings. The monoisotopic (exact) mass is 321 g/mol. The highest BCUT2D eigenvalue weighted by Crippen LogP contribution is 2.24. The highest BCUT2D eigenvalue weighted by molar-refractivity contribution is 5.75. The van der Waals surface area contributed by atoms with Crippen LogP contribution in [0.5, 0.6) is 11.5 Å². The van der Waals surface area contributed by atoms with E-state index in [1.807, 2.05) is 6.07 Å². The summed E-state index contributed by atoms with van der Waals surface area (Å²) in [5.74, 6) is 1.04. The second-order valence-electron chi connectivity index (χ2n) is 5.84. The molecule has 2 rings (SSSR count). The van der Waals surface area contributed by atoms with Crippen molar-refractivity contribution in [1.29, 1.82) is 0 Å². The van der Waals surface area contributed by atoms with Crippen LogP contribution in [0.3, 0.4) is 0 Å². The number of phenolic OH excluding ortho intramolecular Hbond substituents is 1. The van der Waals surface area contributed by atoms with Crippen molar-refractivity contribution in [1.82, 2.24) is 16.0 Å². The van der Waals surface area contributed by atoms with Crippen molar-refractivity contribution in [2.45, 2.75) is 31.7 Å². The Kier molecular flexibility index (Phi) is 7.16. The van der Waals surface area contributed by atoms with E-state index in [4.69, 9.17) is 4.74 Å². The van der Waals surface area contributed by atoms with Crippen LogP contribution in [0, 0.1) is 0 Å². The predicted octanol–water partition coefficient (Wildman–Crippen LogP) is 0.791. The van der Waals surface area contributed by atoms with E-state index in [1.54, 1.807) is 19.2 Å². The quantitative estimate of drug-likeness (QED) is 0.569. The summed E-state index contributed by atoms with van der Waals surface area (Å²) in [7, 11) is 1.60. The van der Waals surface area contributed by atoms with Gasteiger partial charge in [-0.15, -0.1) is 0 Å². The second kappa shape index (κ2) is 9.37. The number of phenols is 1. The van der Waals surface area contributed by atoms with Crippen molar-refractivity contribution in [3.8, 4) is 11.5 Å². The number of carbonyl (C=O) groups excluding carboxylic acids is 1. The number of rotatable bonds is 8. The lowest BCUT2D eigenvalue weighted by Crippen LogP contribution is -2.49. The zero-order valence-electron chi connectivity index (χ0n) is 13.7. The molecule has 0 aliphatic carbocycles. The van der Waals surface area contributed by atoms with E-state index in [1.165, 1.54) is 0 Å². The molecule has 6 nitrogen and oxygen atoms in total. The number of aryl methyl sites for hydroxylation is 1. The van der Waals surface area contributed by atoms with Gasteiger partial charge in [-0.1, -0.05) is 0 Å². The summed E-state index contributed by atoms with van der Waals surface area (Å²) in [4.78, 5) is 11.8. The molecule has 4 N–H and O–H groups in total. The van der Waals surface area contributed by atoms with E-state index >= 15 is 0 Å². The molecule has 1 saturated heterocycles. The Hall–Kier alpha value is -1.79. The Morgan fingerprint density at radius 3 is 3.04 bits per heavy atom. The molecule has 1 fully saturated rings. The Morgan fingerprint density at radius 1 is 1.43 bits per heavy atom. The molecule has 1 unspecified atom stereocenters. The van der Waals surface area contributed by atoms with Gasteiger partial charge >= 0.3 is 0 Å². The van der Waals surface area contributed by atoms with E-state index in [0.717, 1.165) is 37.4 Å². The maximum Gasteiger partial charge on any atom is 0.220 e. The average Bonchev–Trinajstić information content (AvgIpc) is 2.57. The number of hydrogen-bond donors (Lipinski definition) is 4. The number of methoxy groups -OCH3 is 1. The lowest BCUT2D eigenvalue weighted by Gasteiger charge is -2.24. The van der Waals surface area contributed by atoms with Crippen LogP contribution in [0.25, 0.3) is 0 Å². The van der Waals surface area contributed by atoms with Gasteiger partial charge in [0.2, 0.25) is 5.91 Å². The molecule has 1 atom stereocenters. The van der Waals surface area contributed by atoms with Crippen LogP contribution in [0.4, 0.5) is 0 Å². The Bertz CT molecular complexity index is 502. The zero-order chi connectivity index (χ0) is 16.5. The van der Waals surface area contributed by atoms with Gasteiger partial charge in [0.05, 0.1) is 7.11 Å². The number of carbonyl (C=O) groups is 1. The number of amides is 1. The highest BCUT2D eigenvalue weighted by Gasteiger charge is 2.12. The standard InChI is InChI=1S/C17H27N3O3/c1-23-15-5-6-16(21)13(11-15)3-2-4-17(22)20-8-7-14-12-18-9-10-19-14/h5-6,11,14,18-19,21H,2-4,7-10,12H2,1H3,(H,20,22). The minimum atomic E-state index is 0.0659. The topological polar surface area (TPSA) is 82.6 Å². The van der Waals surface area contributed by atoms with Crippen LogP contribution in [0.2, 0.25) is 0 Å². The molecule has 1 aliphatic heterocycles. The molecular formula is C17H27N3O3. The summed E-state index contributed by atoms with van der Waals surface area (Å²) in [6.45, 7) is 3.66. The first-order valence-corrected chi connectivity index (χ1v) is 8.25. The summed E-state index contributed by atoms with van der Waals surface area (Å²) in [5.41, 5.74) is 0.814. The average molecular weight is 321 g/mol. The first-order chi connectivity index (χ1) is 11.2. The minimum Gasteiger partial charge on any atom is -0.508 e. The fourth-order valence-electron chi connectivity index (χ4n) is 2.72. The molecule has 1 amide bonds. The zero-order valence-corrected chi connectivity index (χ0v) is 13.7. The van der Waals surface area contributed by atoms with Gasteiger partial charge < -0.3 is 25.8 Å². The summed E-state index contributed by atoms with van der Waals surface area (Å²) >= 11 is 0. The van der Waals surface area contributed by atoms with Gasteiger partial charge in [0.15, 0.2) is 0 Å². The first-order valence-electron chi connectivity index (χ1n) is 8.25. The first kappa shape index (κ1) is 17.6. The van der Waals surface area contributed by atoms with Crippen LogP contribution >= 0.6 is 0 Å². The molecule has 1 heterocycles. The third-order valence-electron chi connectivity index (χ3n) is 4.08. The Morgan fingerprint density at radius 2 is 2.30 bits per heavy atom. The van der Waals surface area contributed by atoms with E-state index in [0.29, 0.717) is 31.8 Å². The Balaban J connectivity index is 1.62. The normalized spacial score (nSPS) is 17.7.